The fourth-order valence-electron chi connectivity index (χ4n) is 4.46. The van der Waals surface area contributed by atoms with E-state index in [0.29, 0.717) is 12.2 Å². The third-order valence-corrected chi connectivity index (χ3v) is 5.64. The highest BCUT2D eigenvalue weighted by Crippen LogP contribution is 2.46. The van der Waals surface area contributed by atoms with E-state index in [9.17, 15) is 4.79 Å². The largest absolute Gasteiger partial charge is 0.497 e. The van der Waals surface area contributed by atoms with Crippen LogP contribution in [0.3, 0.4) is 0 Å². The summed E-state index contributed by atoms with van der Waals surface area (Å²) >= 11 is 0. The Morgan fingerprint density at radius 2 is 1.65 bits per heavy atom. The lowest BCUT2D eigenvalue weighted by molar-refractivity contribution is -0.128. The fourth-order valence-corrected chi connectivity index (χ4v) is 4.46. The van der Waals surface area contributed by atoms with Crippen LogP contribution < -0.4 is 15.4 Å². The Labute approximate surface area is 155 Å². The summed E-state index contributed by atoms with van der Waals surface area (Å²) in [4.78, 5) is 13.2. The summed E-state index contributed by atoms with van der Waals surface area (Å²) in [7, 11) is 1.67. The predicted molar refractivity (Wildman–Crippen MR) is 105 cm³/mol. The standard InChI is InChI=1S/C22H26N2O2/c1-22(2)12-18-20(19(25)13-22)21(14-8-10-15(26-3)11-9-14)24-17-7-5-4-6-16(17)23-18/h4-11,18,20-21,23-24H,12-13H2,1-3H3/t18-,20-,21+/m1/s1. The van der Waals surface area contributed by atoms with E-state index in [-0.39, 0.29) is 23.4 Å². The maximum absolute atomic E-state index is 13.2. The minimum absolute atomic E-state index is 0.0228. The molecule has 1 fully saturated rings. The van der Waals surface area contributed by atoms with Gasteiger partial charge in [-0.1, -0.05) is 38.1 Å². The van der Waals surface area contributed by atoms with Crippen molar-refractivity contribution in [2.45, 2.75) is 38.8 Å². The molecule has 4 rings (SSSR count). The highest BCUT2D eigenvalue weighted by molar-refractivity contribution is 5.87. The molecule has 3 atom stereocenters. The van der Waals surface area contributed by atoms with Crippen molar-refractivity contribution >= 4 is 17.2 Å². The predicted octanol–water partition coefficient (Wildman–Crippen LogP) is 4.65. The average Bonchev–Trinajstić information content (AvgIpc) is 2.77. The van der Waals surface area contributed by atoms with Crippen LogP contribution in [0.15, 0.2) is 48.5 Å². The van der Waals surface area contributed by atoms with Gasteiger partial charge in [0.2, 0.25) is 0 Å². The van der Waals surface area contributed by atoms with Crippen molar-refractivity contribution < 1.29 is 9.53 Å². The van der Waals surface area contributed by atoms with Gasteiger partial charge in [0.05, 0.1) is 30.4 Å². The first-order chi connectivity index (χ1) is 12.5. The summed E-state index contributed by atoms with van der Waals surface area (Å²) in [5.74, 6) is 1.07. The molecule has 2 aromatic rings. The first kappa shape index (κ1) is 17.0. The van der Waals surface area contributed by atoms with Gasteiger partial charge in [-0.25, -0.2) is 0 Å². The molecule has 26 heavy (non-hydrogen) atoms. The molecular formula is C22H26N2O2. The van der Waals surface area contributed by atoms with Gasteiger partial charge in [0.1, 0.15) is 11.5 Å². The van der Waals surface area contributed by atoms with Crippen molar-refractivity contribution in [1.29, 1.82) is 0 Å². The monoisotopic (exact) mass is 350 g/mol. The second kappa shape index (κ2) is 6.35. The van der Waals surface area contributed by atoms with E-state index in [4.69, 9.17) is 4.74 Å². The number of hydrogen-bond donors (Lipinski definition) is 2. The molecule has 0 radical (unpaired) electrons. The molecule has 2 aromatic carbocycles. The number of fused-ring (bicyclic) bond motifs is 2. The van der Waals surface area contributed by atoms with Gasteiger partial charge in [-0.2, -0.15) is 0 Å². The summed E-state index contributed by atoms with van der Waals surface area (Å²) in [6, 6.07) is 16.4. The Bertz CT molecular complexity index is 813. The topological polar surface area (TPSA) is 50.4 Å². The van der Waals surface area contributed by atoms with Crippen LogP contribution in [0.5, 0.6) is 5.75 Å². The zero-order valence-electron chi connectivity index (χ0n) is 15.6. The highest BCUT2D eigenvalue weighted by atomic mass is 16.5. The molecule has 0 unspecified atom stereocenters. The van der Waals surface area contributed by atoms with E-state index in [1.54, 1.807) is 7.11 Å². The van der Waals surface area contributed by atoms with Crippen molar-refractivity contribution in [3.05, 3.63) is 54.1 Å². The van der Waals surface area contributed by atoms with E-state index in [0.717, 1.165) is 29.1 Å². The number of rotatable bonds is 2. The van der Waals surface area contributed by atoms with Crippen LogP contribution in [0.4, 0.5) is 11.4 Å². The summed E-state index contributed by atoms with van der Waals surface area (Å²) in [6.07, 6.45) is 1.60. The Kier molecular flexibility index (Phi) is 4.14. The van der Waals surface area contributed by atoms with Crippen molar-refractivity contribution in [2.75, 3.05) is 17.7 Å². The number of nitrogens with one attached hydrogen (secondary N) is 2. The average molecular weight is 350 g/mol. The zero-order valence-corrected chi connectivity index (χ0v) is 15.6. The molecule has 1 saturated carbocycles. The van der Waals surface area contributed by atoms with Crippen LogP contribution in [0.25, 0.3) is 0 Å². The number of methoxy groups -OCH3 is 1. The molecule has 136 valence electrons. The second-order valence-corrected chi connectivity index (χ2v) is 8.23. The molecule has 4 nitrogen and oxygen atoms in total. The number of hydrogen-bond acceptors (Lipinski definition) is 4. The van der Waals surface area contributed by atoms with Gasteiger partial charge in [0.25, 0.3) is 0 Å². The number of para-hydroxylation sites is 2. The number of carbonyl (C=O) groups excluding carboxylic acids is 1. The summed E-state index contributed by atoms with van der Waals surface area (Å²) < 4.78 is 5.29. The number of ketones is 1. The summed E-state index contributed by atoms with van der Waals surface area (Å²) in [6.45, 7) is 4.38. The first-order valence-corrected chi connectivity index (χ1v) is 9.26. The minimum atomic E-state index is -0.0937. The molecule has 1 aliphatic heterocycles. The van der Waals surface area contributed by atoms with Gasteiger partial charge in [0.15, 0.2) is 0 Å². The van der Waals surface area contributed by atoms with Crippen LogP contribution in [-0.2, 0) is 4.79 Å². The van der Waals surface area contributed by atoms with Crippen LogP contribution >= 0.6 is 0 Å². The van der Waals surface area contributed by atoms with Gasteiger partial charge in [-0.05, 0) is 41.7 Å². The van der Waals surface area contributed by atoms with Gasteiger partial charge >= 0.3 is 0 Å². The molecule has 1 aliphatic carbocycles. The normalized spacial score (nSPS) is 26.6. The molecule has 0 saturated heterocycles. The Morgan fingerprint density at radius 1 is 1.00 bits per heavy atom. The molecule has 0 spiro atoms. The third kappa shape index (κ3) is 3.05. The van der Waals surface area contributed by atoms with Gasteiger partial charge in [0, 0.05) is 12.5 Å². The molecule has 2 N–H and O–H groups in total. The Morgan fingerprint density at radius 3 is 2.31 bits per heavy atom. The zero-order chi connectivity index (χ0) is 18.3. The maximum atomic E-state index is 13.2. The van der Waals surface area contributed by atoms with E-state index in [1.165, 1.54) is 0 Å². The van der Waals surface area contributed by atoms with Crippen molar-refractivity contribution in [2.24, 2.45) is 11.3 Å². The lowest BCUT2D eigenvalue weighted by Gasteiger charge is -2.42. The highest BCUT2D eigenvalue weighted by Gasteiger charge is 2.46. The Hall–Kier alpha value is -2.49. The van der Waals surface area contributed by atoms with Crippen molar-refractivity contribution in [3.8, 4) is 5.75 Å². The van der Waals surface area contributed by atoms with Crippen LogP contribution in [-0.4, -0.2) is 18.9 Å². The number of ether oxygens (including phenoxy) is 1. The number of Topliss-reactive ketones (excluding diaryl/α,β-unsaturated/α-hetero) is 1. The number of anilines is 2. The van der Waals surface area contributed by atoms with Crippen LogP contribution in [0, 0.1) is 11.3 Å². The third-order valence-electron chi connectivity index (χ3n) is 5.64. The Balaban J connectivity index is 1.78. The van der Waals surface area contributed by atoms with E-state index in [1.807, 2.05) is 24.3 Å². The summed E-state index contributed by atoms with van der Waals surface area (Å²) in [5, 5.41) is 7.31. The van der Waals surface area contributed by atoms with E-state index >= 15 is 0 Å². The molecule has 2 aliphatic rings. The molecule has 0 aromatic heterocycles. The molecule has 0 bridgehead atoms. The van der Waals surface area contributed by atoms with Crippen LogP contribution in [0.1, 0.15) is 38.3 Å². The smallest absolute Gasteiger partial charge is 0.140 e. The van der Waals surface area contributed by atoms with Gasteiger partial charge < -0.3 is 15.4 Å². The van der Waals surface area contributed by atoms with E-state index in [2.05, 4.69) is 48.7 Å². The number of carbonyl (C=O) groups is 1. The second-order valence-electron chi connectivity index (χ2n) is 8.23. The molecule has 4 heteroatoms. The number of benzene rings is 2. The SMILES string of the molecule is COc1ccc([C@@H]2Nc3ccccc3N[C@@H]3CC(C)(C)CC(=O)[C@@H]32)cc1. The molecule has 1 heterocycles. The summed E-state index contributed by atoms with van der Waals surface area (Å²) in [5.41, 5.74) is 3.26. The fraction of sp³-hybridized carbons (Fsp3) is 0.409. The minimum Gasteiger partial charge on any atom is -0.497 e. The maximum Gasteiger partial charge on any atom is 0.140 e. The first-order valence-electron chi connectivity index (χ1n) is 9.26. The van der Waals surface area contributed by atoms with Crippen LogP contribution in [0.2, 0.25) is 0 Å². The lowest BCUT2D eigenvalue weighted by Crippen LogP contribution is -2.47. The quantitative estimate of drug-likeness (QED) is 0.828. The molecular weight excluding hydrogens is 324 g/mol. The van der Waals surface area contributed by atoms with E-state index < -0.39 is 0 Å². The van der Waals surface area contributed by atoms with Crippen molar-refractivity contribution in [3.63, 3.8) is 0 Å². The lowest BCUT2D eigenvalue weighted by atomic mass is 9.66. The van der Waals surface area contributed by atoms with Crippen molar-refractivity contribution in [1.82, 2.24) is 0 Å². The molecule has 0 amide bonds. The van der Waals surface area contributed by atoms with Gasteiger partial charge in [-0.15, -0.1) is 0 Å². The van der Waals surface area contributed by atoms with Gasteiger partial charge in [-0.3, -0.25) is 4.79 Å².